The molecule has 0 spiro atoms. The zero-order valence-electron chi connectivity index (χ0n) is 16.8. The summed E-state index contributed by atoms with van der Waals surface area (Å²) in [5, 5.41) is 29.0. The van der Waals surface area contributed by atoms with E-state index in [0.717, 1.165) is 16.8 Å². The number of aromatic nitrogens is 2. The lowest BCUT2D eigenvalue weighted by Crippen LogP contribution is -2.40. The largest absolute Gasteiger partial charge is 0.388 e. The van der Waals surface area contributed by atoms with Crippen molar-refractivity contribution in [3.8, 4) is 0 Å². The number of nitrogens with one attached hydrogen (secondary N) is 1. The van der Waals surface area contributed by atoms with Gasteiger partial charge in [0.2, 0.25) is 0 Å². The fourth-order valence-electron chi connectivity index (χ4n) is 3.02. The van der Waals surface area contributed by atoms with E-state index in [1.807, 2.05) is 4.98 Å². The van der Waals surface area contributed by atoms with Crippen LogP contribution >= 0.6 is 7.60 Å². The molecule has 0 aliphatic carbocycles. The second-order valence-corrected chi connectivity index (χ2v) is 9.94. The first-order chi connectivity index (χ1) is 13.3. The molecule has 166 valence electrons. The first kappa shape index (κ1) is 23.9. The van der Waals surface area contributed by atoms with Gasteiger partial charge in [0, 0.05) is 18.7 Å². The van der Waals surface area contributed by atoms with E-state index in [1.54, 1.807) is 13.8 Å². The predicted octanol–water partition coefficient (Wildman–Crippen LogP) is 0.0351. The lowest BCUT2D eigenvalue weighted by atomic mass is 9.93. The molecule has 29 heavy (non-hydrogen) atoms. The predicted molar refractivity (Wildman–Crippen MR) is 102 cm³/mol. The third-order valence-corrected chi connectivity index (χ3v) is 7.69. The molecule has 1 aromatic heterocycles. The Balaban J connectivity index is 2.24. The molecule has 5 N–H and O–H groups in total. The first-order valence-corrected chi connectivity index (χ1v) is 10.9. The summed E-state index contributed by atoms with van der Waals surface area (Å²) in [5.41, 5.74) is -2.72. The van der Waals surface area contributed by atoms with Crippen LogP contribution in [0.2, 0.25) is 0 Å². The van der Waals surface area contributed by atoms with Crippen LogP contribution in [0.15, 0.2) is 21.9 Å². The summed E-state index contributed by atoms with van der Waals surface area (Å²) in [4.78, 5) is 35.5. The molecule has 0 amide bonds. The molecule has 11 nitrogen and oxygen atoms in total. The second kappa shape index (κ2) is 8.43. The Hall–Kier alpha value is -1.33. The topological polar surface area (TPSA) is 171 Å². The smallest absolute Gasteiger partial charge is 0.359 e. The van der Waals surface area contributed by atoms with Gasteiger partial charge in [-0.15, -0.1) is 0 Å². The van der Waals surface area contributed by atoms with Gasteiger partial charge in [0.05, 0.1) is 11.7 Å². The van der Waals surface area contributed by atoms with E-state index < -0.39 is 54.3 Å². The number of aromatic amines is 1. The number of ether oxygens (including phenoxy) is 1. The van der Waals surface area contributed by atoms with Gasteiger partial charge in [-0.1, -0.05) is 13.8 Å². The second-order valence-electron chi connectivity index (χ2n) is 7.75. The molecular weight excluding hydrogens is 407 g/mol. The minimum Gasteiger partial charge on any atom is -0.388 e. The fraction of sp³-hybridized carbons (Fsp3) is 0.765. The van der Waals surface area contributed by atoms with Crippen molar-refractivity contribution in [1.29, 1.82) is 0 Å². The van der Waals surface area contributed by atoms with E-state index in [4.69, 9.17) is 9.26 Å². The van der Waals surface area contributed by atoms with Gasteiger partial charge >= 0.3 is 13.3 Å². The third kappa shape index (κ3) is 4.88. The summed E-state index contributed by atoms with van der Waals surface area (Å²) >= 11 is 0. The zero-order chi connectivity index (χ0) is 22.2. The highest BCUT2D eigenvalue weighted by molar-refractivity contribution is 7.54. The van der Waals surface area contributed by atoms with E-state index >= 15 is 0 Å². The molecule has 2 rings (SSSR count). The number of rotatable bonds is 8. The van der Waals surface area contributed by atoms with Gasteiger partial charge in [-0.2, -0.15) is 0 Å². The monoisotopic (exact) mass is 436 g/mol. The summed E-state index contributed by atoms with van der Waals surface area (Å²) < 4.78 is 24.6. The van der Waals surface area contributed by atoms with Crippen LogP contribution in [0.3, 0.4) is 0 Å². The zero-order valence-corrected chi connectivity index (χ0v) is 17.7. The maximum absolute atomic E-state index is 12.6. The number of nitrogens with zero attached hydrogens (tertiary/aromatic N) is 1. The van der Waals surface area contributed by atoms with Crippen molar-refractivity contribution < 1.29 is 34.0 Å². The van der Waals surface area contributed by atoms with Crippen LogP contribution in [-0.4, -0.2) is 59.0 Å². The molecule has 1 saturated heterocycles. The highest BCUT2D eigenvalue weighted by Gasteiger charge is 2.50. The van der Waals surface area contributed by atoms with Gasteiger partial charge in [0.1, 0.15) is 12.2 Å². The SMILES string of the molecule is CCC(C)(C[C@H]1O[C@@H](n2ccc(=O)[nH]c2=O)[C@H](O)[C@@H]1O)OP(=O)(O)[C@@](C)(O)CC. The minimum absolute atomic E-state index is 0.0148. The van der Waals surface area contributed by atoms with Crippen LogP contribution in [-0.2, 0) is 13.8 Å². The first-order valence-electron chi connectivity index (χ1n) is 9.36. The van der Waals surface area contributed by atoms with Crippen LogP contribution in [0.25, 0.3) is 0 Å². The number of aliphatic hydroxyl groups excluding tert-OH is 2. The summed E-state index contributed by atoms with van der Waals surface area (Å²) in [7, 11) is -4.45. The summed E-state index contributed by atoms with van der Waals surface area (Å²) in [6.45, 7) is 5.97. The molecule has 7 atom stereocenters. The van der Waals surface area contributed by atoms with Gasteiger partial charge in [-0.3, -0.25) is 18.9 Å². The van der Waals surface area contributed by atoms with Crippen molar-refractivity contribution in [3.05, 3.63) is 33.1 Å². The molecule has 1 aliphatic rings. The fourth-order valence-corrected chi connectivity index (χ4v) is 4.42. The Labute approximate surface area is 167 Å². The lowest BCUT2D eigenvalue weighted by Gasteiger charge is -2.37. The molecule has 0 bridgehead atoms. The molecule has 1 fully saturated rings. The van der Waals surface area contributed by atoms with E-state index in [0.29, 0.717) is 0 Å². The molecule has 0 radical (unpaired) electrons. The van der Waals surface area contributed by atoms with Crippen molar-refractivity contribution in [2.24, 2.45) is 0 Å². The summed E-state index contributed by atoms with van der Waals surface area (Å²) in [6.07, 6.45) is -3.93. The van der Waals surface area contributed by atoms with Crippen LogP contribution < -0.4 is 11.2 Å². The number of hydrogen-bond acceptors (Lipinski definition) is 8. The number of hydrogen-bond donors (Lipinski definition) is 5. The van der Waals surface area contributed by atoms with Gasteiger partial charge in [-0.25, -0.2) is 4.79 Å². The standard InChI is InChI=1S/C17H29N2O9P/c1-5-16(3,28-29(25,26)17(4,24)6-2)9-10-12(21)13(22)14(27-10)19-8-7-11(20)18-15(19)23/h7-8,10,12-14,21-22,24H,5-6,9H2,1-4H3,(H,25,26)(H,18,20,23)/t10-,12-,13-,14-,16?,17-/m1/s1. The molecule has 0 aromatic carbocycles. The Kier molecular flexibility index (Phi) is 6.96. The highest BCUT2D eigenvalue weighted by atomic mass is 31.2. The van der Waals surface area contributed by atoms with E-state index in [-0.39, 0.29) is 19.3 Å². The molecule has 0 saturated carbocycles. The van der Waals surface area contributed by atoms with Gasteiger partial charge in [-0.05, 0) is 26.7 Å². The van der Waals surface area contributed by atoms with E-state index in [2.05, 4.69) is 0 Å². The van der Waals surface area contributed by atoms with Crippen LogP contribution in [0.1, 0.15) is 53.2 Å². The minimum atomic E-state index is -4.45. The lowest BCUT2D eigenvalue weighted by molar-refractivity contribution is -0.0714. The Morgan fingerprint density at radius 3 is 2.38 bits per heavy atom. The van der Waals surface area contributed by atoms with Gasteiger partial charge in [0.15, 0.2) is 11.6 Å². The summed E-state index contributed by atoms with van der Waals surface area (Å²) in [5.74, 6) is 0. The molecule has 1 aliphatic heterocycles. The quantitative estimate of drug-likeness (QED) is 0.353. The average Bonchev–Trinajstić information content (AvgIpc) is 2.89. The molecular formula is C17H29N2O9P. The van der Waals surface area contributed by atoms with E-state index in [1.165, 1.54) is 13.8 Å². The summed E-state index contributed by atoms with van der Waals surface area (Å²) in [6, 6.07) is 1.07. The van der Waals surface area contributed by atoms with Crippen molar-refractivity contribution in [1.82, 2.24) is 9.55 Å². The Morgan fingerprint density at radius 2 is 1.86 bits per heavy atom. The van der Waals surface area contributed by atoms with Gasteiger partial charge in [0.25, 0.3) is 5.56 Å². The molecule has 1 aromatic rings. The third-order valence-electron chi connectivity index (χ3n) is 5.47. The van der Waals surface area contributed by atoms with Crippen molar-refractivity contribution in [2.75, 3.05) is 0 Å². The van der Waals surface area contributed by atoms with Crippen LogP contribution in [0.4, 0.5) is 0 Å². The van der Waals surface area contributed by atoms with Gasteiger partial charge < -0.3 is 29.5 Å². The van der Waals surface area contributed by atoms with Crippen molar-refractivity contribution >= 4 is 7.60 Å². The Morgan fingerprint density at radius 1 is 1.24 bits per heavy atom. The maximum atomic E-state index is 12.6. The Bertz CT molecular complexity index is 882. The number of H-pyrrole nitrogens is 1. The molecule has 12 heteroatoms. The molecule has 2 heterocycles. The van der Waals surface area contributed by atoms with Crippen molar-refractivity contribution in [2.45, 2.75) is 82.4 Å². The van der Waals surface area contributed by atoms with Crippen LogP contribution in [0.5, 0.6) is 0 Å². The van der Waals surface area contributed by atoms with Crippen LogP contribution in [0, 0.1) is 0 Å². The number of aliphatic hydroxyl groups is 3. The molecule has 2 unspecified atom stereocenters. The normalized spacial score (nSPS) is 31.0. The highest BCUT2D eigenvalue weighted by Crippen LogP contribution is 2.59. The van der Waals surface area contributed by atoms with Crippen molar-refractivity contribution in [3.63, 3.8) is 0 Å². The average molecular weight is 436 g/mol. The maximum Gasteiger partial charge on any atom is 0.359 e. The van der Waals surface area contributed by atoms with E-state index in [9.17, 15) is 34.4 Å².